The number of aromatic nitrogens is 3. The van der Waals surface area contributed by atoms with Crippen LogP contribution in [0.3, 0.4) is 0 Å². The van der Waals surface area contributed by atoms with Gasteiger partial charge in [-0.05, 0) is 44.2 Å². The molecule has 2 heterocycles. The Morgan fingerprint density at radius 2 is 1.95 bits per heavy atom. The number of nitrogens with one attached hydrogen (secondary N) is 2. The summed E-state index contributed by atoms with van der Waals surface area (Å²) < 4.78 is 2.10. The van der Waals surface area contributed by atoms with E-state index in [4.69, 9.17) is 0 Å². The van der Waals surface area contributed by atoms with E-state index in [1.807, 2.05) is 38.4 Å². The highest BCUT2D eigenvalue weighted by Gasteiger charge is 2.05. The van der Waals surface area contributed by atoms with Crippen molar-refractivity contribution in [3.8, 4) is 5.69 Å². The standard InChI is InChI=1S/C16H18N4/c1-12-16(13(2)19-18-12)11-17-14-6-5-7-15(10-14)20-8-3-4-9-20/h3-10,17H,11H2,1-2H3,(H,18,19). The average molecular weight is 266 g/mol. The maximum atomic E-state index is 4.22. The van der Waals surface area contributed by atoms with Crippen molar-refractivity contribution >= 4 is 5.69 Å². The van der Waals surface area contributed by atoms with Crippen molar-refractivity contribution in [2.24, 2.45) is 0 Å². The number of aromatic amines is 1. The summed E-state index contributed by atoms with van der Waals surface area (Å²) in [5.41, 5.74) is 5.67. The van der Waals surface area contributed by atoms with Crippen LogP contribution in [-0.4, -0.2) is 14.8 Å². The molecule has 0 radical (unpaired) electrons. The zero-order chi connectivity index (χ0) is 13.9. The molecule has 0 spiro atoms. The molecule has 0 saturated carbocycles. The zero-order valence-corrected chi connectivity index (χ0v) is 11.7. The van der Waals surface area contributed by atoms with Gasteiger partial charge >= 0.3 is 0 Å². The number of H-pyrrole nitrogens is 1. The minimum absolute atomic E-state index is 0.781. The monoisotopic (exact) mass is 266 g/mol. The van der Waals surface area contributed by atoms with Gasteiger partial charge in [0.25, 0.3) is 0 Å². The summed E-state index contributed by atoms with van der Waals surface area (Å²) in [7, 11) is 0. The molecular formula is C16H18N4. The molecule has 102 valence electrons. The van der Waals surface area contributed by atoms with Crippen LogP contribution in [0.2, 0.25) is 0 Å². The lowest BCUT2D eigenvalue weighted by Gasteiger charge is -2.09. The number of rotatable bonds is 4. The average Bonchev–Trinajstić information content (AvgIpc) is 3.09. The minimum Gasteiger partial charge on any atom is -0.381 e. The SMILES string of the molecule is Cc1n[nH]c(C)c1CNc1cccc(-n2cccc2)c1. The predicted molar refractivity (Wildman–Crippen MR) is 81.2 cm³/mol. The summed E-state index contributed by atoms with van der Waals surface area (Å²) in [5, 5.41) is 10.7. The van der Waals surface area contributed by atoms with Crippen molar-refractivity contribution in [3.63, 3.8) is 0 Å². The van der Waals surface area contributed by atoms with E-state index < -0.39 is 0 Å². The fraction of sp³-hybridized carbons (Fsp3) is 0.188. The Balaban J connectivity index is 1.77. The van der Waals surface area contributed by atoms with E-state index in [9.17, 15) is 0 Å². The second-order valence-electron chi connectivity index (χ2n) is 4.91. The highest BCUT2D eigenvalue weighted by molar-refractivity contribution is 5.51. The van der Waals surface area contributed by atoms with Crippen molar-refractivity contribution in [2.45, 2.75) is 20.4 Å². The Labute approximate surface area is 118 Å². The van der Waals surface area contributed by atoms with Crippen molar-refractivity contribution in [1.82, 2.24) is 14.8 Å². The molecule has 0 bridgehead atoms. The van der Waals surface area contributed by atoms with Gasteiger partial charge in [0.2, 0.25) is 0 Å². The minimum atomic E-state index is 0.781. The quantitative estimate of drug-likeness (QED) is 0.760. The number of benzene rings is 1. The van der Waals surface area contributed by atoms with Crippen LogP contribution in [0.25, 0.3) is 5.69 Å². The van der Waals surface area contributed by atoms with Crippen LogP contribution in [0, 0.1) is 13.8 Å². The van der Waals surface area contributed by atoms with Gasteiger partial charge in [0.05, 0.1) is 5.69 Å². The molecule has 4 nitrogen and oxygen atoms in total. The molecule has 0 amide bonds. The van der Waals surface area contributed by atoms with Crippen molar-refractivity contribution in [3.05, 3.63) is 65.7 Å². The third-order valence-corrected chi connectivity index (χ3v) is 3.50. The molecule has 0 fully saturated rings. The van der Waals surface area contributed by atoms with Crippen LogP contribution in [0.1, 0.15) is 17.0 Å². The Hall–Kier alpha value is -2.49. The van der Waals surface area contributed by atoms with Crippen molar-refractivity contribution in [2.75, 3.05) is 5.32 Å². The van der Waals surface area contributed by atoms with Crippen LogP contribution in [-0.2, 0) is 6.54 Å². The lowest BCUT2D eigenvalue weighted by Crippen LogP contribution is -2.02. The predicted octanol–water partition coefficient (Wildman–Crippen LogP) is 3.43. The van der Waals surface area contributed by atoms with Gasteiger partial charge in [-0.2, -0.15) is 5.10 Å². The number of anilines is 1. The van der Waals surface area contributed by atoms with E-state index in [2.05, 4.69) is 44.3 Å². The fourth-order valence-electron chi connectivity index (χ4n) is 2.31. The van der Waals surface area contributed by atoms with E-state index >= 15 is 0 Å². The number of aryl methyl sites for hydroxylation is 2. The van der Waals surface area contributed by atoms with Gasteiger partial charge in [-0.25, -0.2) is 0 Å². The Bertz CT molecular complexity index is 676. The van der Waals surface area contributed by atoms with Gasteiger partial charge < -0.3 is 9.88 Å². The van der Waals surface area contributed by atoms with Crippen molar-refractivity contribution < 1.29 is 0 Å². The first-order chi connectivity index (χ1) is 9.74. The molecule has 0 unspecified atom stereocenters. The molecule has 2 N–H and O–H groups in total. The number of hydrogen-bond acceptors (Lipinski definition) is 2. The van der Waals surface area contributed by atoms with Gasteiger partial charge in [-0.15, -0.1) is 0 Å². The highest BCUT2D eigenvalue weighted by Crippen LogP contribution is 2.17. The maximum absolute atomic E-state index is 4.22. The zero-order valence-electron chi connectivity index (χ0n) is 11.7. The number of hydrogen-bond donors (Lipinski definition) is 2. The Morgan fingerprint density at radius 1 is 1.15 bits per heavy atom. The van der Waals surface area contributed by atoms with Crippen LogP contribution in [0.5, 0.6) is 0 Å². The molecule has 0 saturated heterocycles. The third kappa shape index (κ3) is 2.45. The molecule has 3 aromatic rings. The molecule has 2 aromatic heterocycles. The van der Waals surface area contributed by atoms with Crippen LogP contribution in [0.15, 0.2) is 48.8 Å². The van der Waals surface area contributed by atoms with E-state index in [1.54, 1.807) is 0 Å². The molecular weight excluding hydrogens is 248 g/mol. The molecule has 0 aliphatic rings. The molecule has 4 heteroatoms. The lowest BCUT2D eigenvalue weighted by atomic mass is 10.2. The largest absolute Gasteiger partial charge is 0.381 e. The smallest absolute Gasteiger partial charge is 0.0643 e. The highest BCUT2D eigenvalue weighted by atomic mass is 15.1. The Morgan fingerprint density at radius 3 is 2.65 bits per heavy atom. The summed E-state index contributed by atoms with van der Waals surface area (Å²) >= 11 is 0. The Kier molecular flexibility index (Phi) is 3.29. The van der Waals surface area contributed by atoms with Gasteiger partial charge in [0.15, 0.2) is 0 Å². The van der Waals surface area contributed by atoms with Gasteiger partial charge in [0.1, 0.15) is 0 Å². The molecule has 0 atom stereocenters. The molecule has 0 aliphatic carbocycles. The summed E-state index contributed by atoms with van der Waals surface area (Å²) in [4.78, 5) is 0. The summed E-state index contributed by atoms with van der Waals surface area (Å²) in [5.74, 6) is 0. The second kappa shape index (κ2) is 5.25. The molecule has 1 aromatic carbocycles. The van der Waals surface area contributed by atoms with E-state index in [0.29, 0.717) is 0 Å². The molecule has 20 heavy (non-hydrogen) atoms. The van der Waals surface area contributed by atoms with Gasteiger partial charge in [0, 0.05) is 41.6 Å². The first-order valence-electron chi connectivity index (χ1n) is 6.72. The van der Waals surface area contributed by atoms with Crippen molar-refractivity contribution in [1.29, 1.82) is 0 Å². The summed E-state index contributed by atoms with van der Waals surface area (Å²) in [6.45, 7) is 4.85. The first-order valence-corrected chi connectivity index (χ1v) is 6.72. The third-order valence-electron chi connectivity index (χ3n) is 3.50. The summed E-state index contributed by atoms with van der Waals surface area (Å²) in [6, 6.07) is 12.4. The summed E-state index contributed by atoms with van der Waals surface area (Å²) in [6.07, 6.45) is 4.09. The topological polar surface area (TPSA) is 45.6 Å². The van der Waals surface area contributed by atoms with E-state index in [0.717, 1.165) is 29.3 Å². The van der Waals surface area contributed by atoms with E-state index in [1.165, 1.54) is 5.56 Å². The second-order valence-corrected chi connectivity index (χ2v) is 4.91. The lowest BCUT2D eigenvalue weighted by molar-refractivity contribution is 1.02. The van der Waals surface area contributed by atoms with Gasteiger partial charge in [-0.3, -0.25) is 5.10 Å². The maximum Gasteiger partial charge on any atom is 0.0643 e. The molecule has 0 aliphatic heterocycles. The van der Waals surface area contributed by atoms with Crippen LogP contribution < -0.4 is 5.32 Å². The first kappa shape index (κ1) is 12.5. The molecule has 3 rings (SSSR count). The van der Waals surface area contributed by atoms with Crippen LogP contribution in [0.4, 0.5) is 5.69 Å². The van der Waals surface area contributed by atoms with Crippen LogP contribution >= 0.6 is 0 Å². The fourth-order valence-corrected chi connectivity index (χ4v) is 2.31. The van der Waals surface area contributed by atoms with E-state index in [-0.39, 0.29) is 0 Å². The number of nitrogens with zero attached hydrogens (tertiary/aromatic N) is 2. The van der Waals surface area contributed by atoms with Gasteiger partial charge in [-0.1, -0.05) is 6.07 Å². The normalized spacial score (nSPS) is 10.7.